The van der Waals surface area contributed by atoms with Gasteiger partial charge in [-0.1, -0.05) is 49.9 Å². The van der Waals surface area contributed by atoms with Crippen LogP contribution < -0.4 is 4.74 Å². The highest BCUT2D eigenvalue weighted by molar-refractivity contribution is 9.10. The monoisotopic (exact) mass is 748 g/mol. The number of likely N-dealkylation sites (tertiary alicyclic amines) is 2. The molecule has 5 rings (SSSR count). The number of hydrogen-bond donors (Lipinski definition) is 2. The molecule has 0 aromatic heterocycles. The number of carbonyl (C=O) groups excluding carboxylic acids is 4. The second-order valence-corrected chi connectivity index (χ2v) is 13.7. The molecule has 2 aliphatic carbocycles. The lowest BCUT2D eigenvalue weighted by Crippen LogP contribution is -2.60. The molecule has 1 aromatic rings. The summed E-state index contributed by atoms with van der Waals surface area (Å²) in [5, 5.41) is 20.2. The average Bonchev–Trinajstić information content (AvgIpc) is 3.27. The number of aliphatic carboxylic acids is 1. The number of carboxylic acids is 1. The number of halogens is 4. The summed E-state index contributed by atoms with van der Waals surface area (Å²) in [6.07, 6.45) is 3.27. The molecule has 42 heavy (non-hydrogen) atoms. The van der Waals surface area contributed by atoms with E-state index in [-0.39, 0.29) is 54.2 Å². The number of amides is 4. The highest BCUT2D eigenvalue weighted by atomic mass is 79.9. The van der Waals surface area contributed by atoms with Crippen LogP contribution in [0.15, 0.2) is 28.3 Å². The minimum absolute atomic E-state index is 0.00721. The number of nitrogens with zero attached hydrogens (tertiary/aromatic N) is 2. The first-order chi connectivity index (χ1) is 19.8. The third kappa shape index (κ3) is 4.50. The van der Waals surface area contributed by atoms with E-state index in [4.69, 9.17) is 33.0 Å². The number of benzene rings is 1. The predicted molar refractivity (Wildman–Crippen MR) is 159 cm³/mol. The summed E-state index contributed by atoms with van der Waals surface area (Å²) in [6, 6.07) is 3.12. The van der Waals surface area contributed by atoms with Crippen LogP contribution in [0.2, 0.25) is 0 Å². The largest absolute Gasteiger partial charge is 0.504 e. The number of hydrogen-bond acceptors (Lipinski definition) is 7. The van der Waals surface area contributed by atoms with Crippen molar-refractivity contribution in [3.8, 4) is 11.5 Å². The molecule has 0 bridgehead atoms. The Kier molecular flexibility index (Phi) is 8.50. The van der Waals surface area contributed by atoms with Crippen molar-refractivity contribution in [3.63, 3.8) is 0 Å². The van der Waals surface area contributed by atoms with Crippen molar-refractivity contribution in [1.82, 2.24) is 9.80 Å². The summed E-state index contributed by atoms with van der Waals surface area (Å²) in [5.41, 5.74) is 0.594. The van der Waals surface area contributed by atoms with Gasteiger partial charge in [-0.25, -0.2) is 0 Å². The molecule has 10 nitrogen and oxygen atoms in total. The van der Waals surface area contributed by atoms with E-state index >= 15 is 0 Å². The Labute approximate surface area is 268 Å². The molecule has 3 fully saturated rings. The average molecular weight is 751 g/mol. The normalized spacial score (nSPS) is 32.1. The van der Waals surface area contributed by atoms with E-state index in [0.29, 0.717) is 29.3 Å². The molecule has 6 atom stereocenters. The van der Waals surface area contributed by atoms with Gasteiger partial charge >= 0.3 is 5.97 Å². The van der Waals surface area contributed by atoms with E-state index in [1.54, 1.807) is 18.2 Å². The number of phenolic OH excluding ortho intramolecular Hbond substituents is 1. The summed E-state index contributed by atoms with van der Waals surface area (Å²) in [7, 11) is 1.37. The fourth-order valence-electron chi connectivity index (χ4n) is 7.08. The van der Waals surface area contributed by atoms with Crippen molar-refractivity contribution >= 4 is 84.7 Å². The van der Waals surface area contributed by atoms with Crippen LogP contribution in [-0.4, -0.2) is 78.5 Å². The number of rotatable bonds is 9. The topological polar surface area (TPSA) is 142 Å². The van der Waals surface area contributed by atoms with E-state index < -0.39 is 57.1 Å². The van der Waals surface area contributed by atoms with Gasteiger partial charge in [0.05, 0.1) is 24.4 Å². The highest BCUT2D eigenvalue weighted by Gasteiger charge is 2.76. The molecule has 1 aromatic carbocycles. The van der Waals surface area contributed by atoms with Crippen molar-refractivity contribution < 1.29 is 38.9 Å². The molecule has 2 saturated heterocycles. The molecule has 2 aliphatic heterocycles. The van der Waals surface area contributed by atoms with Crippen LogP contribution in [0.1, 0.15) is 50.0 Å². The van der Waals surface area contributed by atoms with Gasteiger partial charge in [-0.15, -0.1) is 23.2 Å². The predicted octanol–water partition coefficient (Wildman–Crippen LogP) is 4.52. The van der Waals surface area contributed by atoms with Crippen molar-refractivity contribution in [2.75, 3.05) is 19.1 Å². The number of ether oxygens (including phenoxy) is 1. The third-order valence-electron chi connectivity index (χ3n) is 8.98. The van der Waals surface area contributed by atoms with Crippen LogP contribution in [0.25, 0.3) is 0 Å². The van der Waals surface area contributed by atoms with Gasteiger partial charge < -0.3 is 14.9 Å². The number of methoxy groups -OCH3 is 1. The van der Waals surface area contributed by atoms with Gasteiger partial charge in [0.15, 0.2) is 21.2 Å². The zero-order valence-electron chi connectivity index (χ0n) is 22.4. The van der Waals surface area contributed by atoms with Crippen molar-refractivity contribution in [2.45, 2.75) is 54.2 Å². The molecule has 2 N–H and O–H groups in total. The summed E-state index contributed by atoms with van der Waals surface area (Å²) in [4.78, 5) is 63.8. The Hall–Kier alpha value is -2.15. The SMILES string of the molecule is COc1cc(Br)cc([C@H]2C3=CC[C@@H]4C(=O)N(CCCCCC(=O)O)C(=O)[C@@H]4[C@@H]3C[C@@]3(Cl)C(=O)N(CBr)C(=O)[C@@]23Cl)c1O. The smallest absolute Gasteiger partial charge is 0.303 e. The van der Waals surface area contributed by atoms with Crippen LogP contribution in [-0.2, 0) is 24.0 Å². The van der Waals surface area contributed by atoms with Gasteiger partial charge in [-0.2, -0.15) is 0 Å². The summed E-state index contributed by atoms with van der Waals surface area (Å²) in [6.45, 7) is 0.152. The molecule has 0 radical (unpaired) electrons. The molecule has 1 saturated carbocycles. The Morgan fingerprint density at radius 1 is 1.07 bits per heavy atom. The summed E-state index contributed by atoms with van der Waals surface area (Å²) < 4.78 is 5.87. The summed E-state index contributed by atoms with van der Waals surface area (Å²) in [5.74, 6) is -6.64. The van der Waals surface area contributed by atoms with Gasteiger partial charge in [0.25, 0.3) is 11.8 Å². The van der Waals surface area contributed by atoms with Gasteiger partial charge in [0.1, 0.15) is 0 Å². The number of fused-ring (bicyclic) bond motifs is 4. The Balaban J connectivity index is 1.59. The highest BCUT2D eigenvalue weighted by Crippen LogP contribution is 2.66. The molecule has 226 valence electrons. The number of aromatic hydroxyl groups is 1. The molecule has 4 amide bonds. The molecule has 0 unspecified atom stereocenters. The molecular weight excluding hydrogens is 723 g/mol. The quantitative estimate of drug-likeness (QED) is 0.124. The molecule has 0 spiro atoms. The van der Waals surface area contributed by atoms with Crippen LogP contribution in [0.5, 0.6) is 11.5 Å². The van der Waals surface area contributed by atoms with Crippen molar-refractivity contribution in [1.29, 1.82) is 0 Å². The molecule has 2 heterocycles. The van der Waals surface area contributed by atoms with Gasteiger partial charge in [-0.05, 0) is 43.7 Å². The zero-order valence-corrected chi connectivity index (χ0v) is 27.1. The lowest BCUT2D eigenvalue weighted by Gasteiger charge is -2.50. The maximum atomic E-state index is 13.9. The number of phenols is 1. The molecule has 14 heteroatoms. The standard InChI is InChI=1S/C28H28Br2Cl2N2O8/c1-42-18-10-13(30)9-16(22(18)37)21-14-6-7-15-20(24(39)33(23(15)38)8-4-2-3-5-19(35)36)17(14)11-27(31)25(40)34(12-29)26(41)28(21,27)32/h6,9-10,15,17,20-21,37H,2-5,7-8,11-12H2,1H3,(H,35,36)/t15-,17+,20-,21+,27+,28-/m0/s1. The van der Waals surface area contributed by atoms with Gasteiger partial charge in [-0.3, -0.25) is 33.8 Å². The maximum absolute atomic E-state index is 13.9. The van der Waals surface area contributed by atoms with Gasteiger partial charge in [0, 0.05) is 28.9 Å². The summed E-state index contributed by atoms with van der Waals surface area (Å²) >= 11 is 21.0. The lowest BCUT2D eigenvalue weighted by molar-refractivity contribution is -0.141. The van der Waals surface area contributed by atoms with Crippen LogP contribution in [0.4, 0.5) is 0 Å². The fraction of sp³-hybridized carbons (Fsp3) is 0.536. The van der Waals surface area contributed by atoms with Gasteiger partial charge in [0.2, 0.25) is 11.8 Å². The number of alkyl halides is 3. The van der Waals surface area contributed by atoms with Crippen LogP contribution in [0, 0.1) is 17.8 Å². The second-order valence-electron chi connectivity index (χ2n) is 11.1. The third-order valence-corrected chi connectivity index (χ3v) is 11.4. The first-order valence-electron chi connectivity index (χ1n) is 13.5. The molecule has 4 aliphatic rings. The zero-order chi connectivity index (χ0) is 30.7. The van der Waals surface area contributed by atoms with Crippen molar-refractivity contribution in [2.24, 2.45) is 17.8 Å². The minimum Gasteiger partial charge on any atom is -0.504 e. The first-order valence-corrected chi connectivity index (χ1v) is 16.1. The van der Waals surface area contributed by atoms with E-state index in [9.17, 15) is 29.1 Å². The van der Waals surface area contributed by atoms with E-state index in [2.05, 4.69) is 31.9 Å². The van der Waals surface area contributed by atoms with Crippen LogP contribution >= 0.6 is 55.1 Å². The molecular formula is C28H28Br2Cl2N2O8. The first kappa shape index (κ1) is 31.3. The number of carbonyl (C=O) groups is 5. The lowest BCUT2D eigenvalue weighted by atomic mass is 9.56. The second kappa shape index (κ2) is 11.4. The number of carboxylic acid groups (broad SMARTS) is 1. The minimum atomic E-state index is -2.05. The fourth-order valence-corrected chi connectivity index (χ4v) is 8.95. The van der Waals surface area contributed by atoms with E-state index in [0.717, 1.165) is 4.90 Å². The number of imide groups is 2. The van der Waals surface area contributed by atoms with E-state index in [1.807, 2.05) is 0 Å². The number of allylic oxidation sites excluding steroid dienone is 2. The van der Waals surface area contributed by atoms with Crippen LogP contribution in [0.3, 0.4) is 0 Å². The Morgan fingerprint density at radius 3 is 2.43 bits per heavy atom. The van der Waals surface area contributed by atoms with E-state index in [1.165, 1.54) is 12.0 Å². The maximum Gasteiger partial charge on any atom is 0.303 e. The Bertz CT molecular complexity index is 1420. The van der Waals surface area contributed by atoms with Crippen molar-refractivity contribution in [3.05, 3.63) is 33.8 Å². The Morgan fingerprint density at radius 2 is 1.79 bits per heavy atom. The number of unbranched alkanes of at least 4 members (excludes halogenated alkanes) is 2.